The van der Waals surface area contributed by atoms with E-state index < -0.39 is 0 Å². The molecule has 0 aromatic heterocycles. The topological polar surface area (TPSA) is 49.3 Å². The second-order valence-electron chi connectivity index (χ2n) is 5.46. The summed E-state index contributed by atoms with van der Waals surface area (Å²) in [7, 11) is 0. The van der Waals surface area contributed by atoms with Crippen molar-refractivity contribution in [2.24, 2.45) is 0 Å². The Morgan fingerprint density at radius 1 is 1.18 bits per heavy atom. The van der Waals surface area contributed by atoms with Crippen LogP contribution in [-0.4, -0.2) is 17.6 Å². The summed E-state index contributed by atoms with van der Waals surface area (Å²) < 4.78 is 0. The van der Waals surface area contributed by atoms with Gasteiger partial charge in [0, 0.05) is 12.1 Å². The van der Waals surface area contributed by atoms with Gasteiger partial charge >= 0.3 is 0 Å². The summed E-state index contributed by atoms with van der Waals surface area (Å²) in [5, 5.41) is 12.4. The molecule has 0 saturated carbocycles. The van der Waals surface area contributed by atoms with Crippen LogP contribution in [0.25, 0.3) is 0 Å². The Kier molecular flexibility index (Phi) is 5.45. The van der Waals surface area contributed by atoms with Gasteiger partial charge in [-0.05, 0) is 56.0 Å². The van der Waals surface area contributed by atoms with Crippen LogP contribution in [0, 0.1) is 13.8 Å². The molecule has 0 fully saturated rings. The molecule has 0 aliphatic rings. The van der Waals surface area contributed by atoms with E-state index >= 15 is 0 Å². The average Bonchev–Trinajstić information content (AvgIpc) is 2.48. The third-order valence-corrected chi connectivity index (χ3v) is 3.92. The smallest absolute Gasteiger partial charge is 0.251 e. The standard InChI is InChI=1S/C18H20ClNO2/c1-12-5-6-14(13(2)10-12)4-3-9-20-18(22)15-7-8-17(21)16(19)11-15/h5-8,10-11,21H,3-4,9H2,1-2H3,(H,20,22). The largest absolute Gasteiger partial charge is 0.506 e. The number of aromatic hydroxyl groups is 1. The summed E-state index contributed by atoms with van der Waals surface area (Å²) in [6, 6.07) is 10.9. The zero-order valence-electron chi connectivity index (χ0n) is 12.8. The molecule has 0 bridgehead atoms. The minimum Gasteiger partial charge on any atom is -0.506 e. The van der Waals surface area contributed by atoms with Crippen molar-refractivity contribution in [2.75, 3.05) is 6.54 Å². The van der Waals surface area contributed by atoms with Gasteiger partial charge in [-0.2, -0.15) is 0 Å². The van der Waals surface area contributed by atoms with Crippen LogP contribution in [0.1, 0.15) is 33.5 Å². The minimum atomic E-state index is -0.178. The molecule has 2 rings (SSSR count). The van der Waals surface area contributed by atoms with Crippen LogP contribution in [0.4, 0.5) is 0 Å². The van der Waals surface area contributed by atoms with Gasteiger partial charge in [-0.15, -0.1) is 0 Å². The summed E-state index contributed by atoms with van der Waals surface area (Å²) in [6.45, 7) is 4.80. The van der Waals surface area contributed by atoms with Crippen molar-refractivity contribution in [2.45, 2.75) is 26.7 Å². The van der Waals surface area contributed by atoms with Gasteiger partial charge in [-0.3, -0.25) is 4.79 Å². The highest BCUT2D eigenvalue weighted by Gasteiger charge is 2.08. The Morgan fingerprint density at radius 3 is 2.64 bits per heavy atom. The number of nitrogens with one attached hydrogen (secondary N) is 1. The summed E-state index contributed by atoms with van der Waals surface area (Å²) in [5.41, 5.74) is 4.32. The molecule has 0 unspecified atom stereocenters. The Labute approximate surface area is 135 Å². The molecule has 4 heteroatoms. The Hall–Kier alpha value is -2.00. The van der Waals surface area contributed by atoms with Crippen LogP contribution < -0.4 is 5.32 Å². The normalized spacial score (nSPS) is 10.5. The maximum atomic E-state index is 12.0. The number of carbonyl (C=O) groups excluding carboxylic acids is 1. The highest BCUT2D eigenvalue weighted by Crippen LogP contribution is 2.23. The quantitative estimate of drug-likeness (QED) is 0.818. The van der Waals surface area contributed by atoms with E-state index in [-0.39, 0.29) is 16.7 Å². The van der Waals surface area contributed by atoms with Crippen LogP contribution in [0.2, 0.25) is 5.02 Å². The van der Waals surface area contributed by atoms with E-state index in [0.29, 0.717) is 12.1 Å². The van der Waals surface area contributed by atoms with Crippen LogP contribution in [0.15, 0.2) is 36.4 Å². The van der Waals surface area contributed by atoms with Gasteiger partial charge in [0.15, 0.2) is 0 Å². The lowest BCUT2D eigenvalue weighted by Gasteiger charge is -2.08. The molecule has 22 heavy (non-hydrogen) atoms. The van der Waals surface area contributed by atoms with Gasteiger partial charge in [0.2, 0.25) is 0 Å². The van der Waals surface area contributed by atoms with Crippen molar-refractivity contribution in [1.29, 1.82) is 0 Å². The summed E-state index contributed by atoms with van der Waals surface area (Å²) >= 11 is 5.80. The van der Waals surface area contributed by atoms with Crippen LogP contribution in [0.5, 0.6) is 5.75 Å². The molecule has 116 valence electrons. The van der Waals surface area contributed by atoms with Crippen LogP contribution in [-0.2, 0) is 6.42 Å². The highest BCUT2D eigenvalue weighted by molar-refractivity contribution is 6.32. The molecular formula is C18H20ClNO2. The van der Waals surface area contributed by atoms with E-state index in [0.717, 1.165) is 12.8 Å². The van der Waals surface area contributed by atoms with E-state index in [2.05, 4.69) is 37.4 Å². The van der Waals surface area contributed by atoms with Gasteiger partial charge in [-0.25, -0.2) is 0 Å². The van der Waals surface area contributed by atoms with Gasteiger partial charge < -0.3 is 10.4 Å². The first-order valence-electron chi connectivity index (χ1n) is 7.30. The monoisotopic (exact) mass is 317 g/mol. The third-order valence-electron chi connectivity index (χ3n) is 3.62. The molecule has 0 atom stereocenters. The van der Waals surface area contributed by atoms with Crippen molar-refractivity contribution in [3.63, 3.8) is 0 Å². The number of carbonyl (C=O) groups is 1. The number of phenols is 1. The van der Waals surface area contributed by atoms with E-state index in [1.807, 2.05) is 0 Å². The molecule has 3 nitrogen and oxygen atoms in total. The van der Waals surface area contributed by atoms with Crippen molar-refractivity contribution in [3.8, 4) is 5.75 Å². The Morgan fingerprint density at radius 2 is 1.95 bits per heavy atom. The summed E-state index contributed by atoms with van der Waals surface area (Å²) in [4.78, 5) is 12.0. The van der Waals surface area contributed by atoms with Crippen molar-refractivity contribution < 1.29 is 9.90 Å². The van der Waals surface area contributed by atoms with Crippen LogP contribution in [0.3, 0.4) is 0 Å². The van der Waals surface area contributed by atoms with E-state index in [4.69, 9.17) is 11.6 Å². The third kappa shape index (κ3) is 4.25. The second-order valence-corrected chi connectivity index (χ2v) is 5.86. The van der Waals surface area contributed by atoms with Crippen LogP contribution >= 0.6 is 11.6 Å². The number of aryl methyl sites for hydroxylation is 3. The van der Waals surface area contributed by atoms with Crippen molar-refractivity contribution in [1.82, 2.24) is 5.32 Å². The van der Waals surface area contributed by atoms with Crippen molar-refractivity contribution >= 4 is 17.5 Å². The number of benzene rings is 2. The van der Waals surface area contributed by atoms with E-state index in [9.17, 15) is 9.90 Å². The maximum Gasteiger partial charge on any atom is 0.251 e. The Balaban J connectivity index is 1.83. The number of halogens is 1. The fraction of sp³-hybridized carbons (Fsp3) is 0.278. The predicted molar refractivity (Wildman–Crippen MR) is 89.7 cm³/mol. The first kappa shape index (κ1) is 16.4. The number of rotatable bonds is 5. The lowest BCUT2D eigenvalue weighted by molar-refractivity contribution is 0.0953. The second kappa shape index (κ2) is 7.32. The summed E-state index contributed by atoms with van der Waals surface area (Å²) in [6.07, 6.45) is 1.81. The highest BCUT2D eigenvalue weighted by atomic mass is 35.5. The molecule has 0 heterocycles. The molecule has 0 aliphatic carbocycles. The van der Waals surface area contributed by atoms with Gasteiger partial charge in [0.1, 0.15) is 5.75 Å². The Bertz CT molecular complexity index is 683. The fourth-order valence-corrected chi connectivity index (χ4v) is 2.54. The molecule has 0 saturated heterocycles. The zero-order valence-corrected chi connectivity index (χ0v) is 13.6. The molecule has 0 radical (unpaired) electrons. The fourth-order valence-electron chi connectivity index (χ4n) is 2.36. The number of amides is 1. The first-order valence-corrected chi connectivity index (χ1v) is 7.68. The molecule has 0 aliphatic heterocycles. The maximum absolute atomic E-state index is 12.0. The lowest BCUT2D eigenvalue weighted by atomic mass is 10.0. The van der Waals surface area contributed by atoms with Gasteiger partial charge in [0.05, 0.1) is 5.02 Å². The molecular weight excluding hydrogens is 298 g/mol. The number of hydrogen-bond acceptors (Lipinski definition) is 2. The molecule has 2 N–H and O–H groups in total. The SMILES string of the molecule is Cc1ccc(CCCNC(=O)c2ccc(O)c(Cl)c2)c(C)c1. The number of phenolic OH excluding ortho intramolecular Hbond substituents is 1. The lowest BCUT2D eigenvalue weighted by Crippen LogP contribution is -2.24. The first-order chi connectivity index (χ1) is 10.5. The molecule has 2 aromatic carbocycles. The number of hydrogen-bond donors (Lipinski definition) is 2. The predicted octanol–water partition coefficient (Wildman–Crippen LogP) is 4.03. The van der Waals surface area contributed by atoms with Crippen molar-refractivity contribution in [3.05, 3.63) is 63.7 Å². The summed E-state index contributed by atoms with van der Waals surface area (Å²) in [5.74, 6) is -0.199. The van der Waals surface area contributed by atoms with E-state index in [1.54, 1.807) is 6.07 Å². The van der Waals surface area contributed by atoms with Gasteiger partial charge in [0.25, 0.3) is 5.91 Å². The van der Waals surface area contributed by atoms with E-state index in [1.165, 1.54) is 28.8 Å². The zero-order chi connectivity index (χ0) is 16.1. The molecule has 2 aromatic rings. The average molecular weight is 318 g/mol. The minimum absolute atomic E-state index is 0.0203. The van der Waals surface area contributed by atoms with Gasteiger partial charge in [-0.1, -0.05) is 35.4 Å². The molecule has 0 spiro atoms. The molecule has 1 amide bonds.